The zero-order chi connectivity index (χ0) is 22.3. The summed E-state index contributed by atoms with van der Waals surface area (Å²) in [6.45, 7) is 0.613. The Kier molecular flexibility index (Phi) is 6.81. The van der Waals surface area contributed by atoms with E-state index >= 15 is 0 Å². The van der Waals surface area contributed by atoms with Gasteiger partial charge in [0.05, 0.1) is 12.3 Å². The Bertz CT molecular complexity index is 1160. The maximum Gasteiger partial charge on any atom is 0.234 e. The molecule has 0 aliphatic heterocycles. The Balaban J connectivity index is 1.49. The number of nitrogens with one attached hydrogen (secondary N) is 1. The number of pyridine rings is 1. The number of hydrogen-bond donors (Lipinski definition) is 1. The van der Waals surface area contributed by atoms with Crippen molar-refractivity contribution in [1.29, 1.82) is 0 Å². The highest BCUT2D eigenvalue weighted by atomic mass is 32.2. The summed E-state index contributed by atoms with van der Waals surface area (Å²) in [5.41, 5.74) is 3.91. The molecule has 0 bridgehead atoms. The first-order valence-corrected chi connectivity index (χ1v) is 11.2. The number of benzene rings is 2. The summed E-state index contributed by atoms with van der Waals surface area (Å²) in [5.74, 6) is 0.893. The van der Waals surface area contributed by atoms with Crippen molar-refractivity contribution < 1.29 is 4.79 Å². The van der Waals surface area contributed by atoms with Crippen LogP contribution in [0.1, 0.15) is 5.56 Å². The lowest BCUT2D eigenvalue weighted by atomic mass is 10.2. The summed E-state index contributed by atoms with van der Waals surface area (Å²) in [6, 6.07) is 21.7. The predicted octanol–water partition coefficient (Wildman–Crippen LogP) is 4.19. The fraction of sp³-hybridized carbons (Fsp3) is 0.167. The van der Waals surface area contributed by atoms with Crippen molar-refractivity contribution in [2.45, 2.75) is 11.7 Å². The van der Waals surface area contributed by atoms with Crippen molar-refractivity contribution in [2.75, 3.05) is 30.1 Å². The quantitative estimate of drug-likeness (QED) is 0.411. The van der Waals surface area contributed by atoms with E-state index < -0.39 is 0 Å². The van der Waals surface area contributed by atoms with Gasteiger partial charge in [-0.3, -0.25) is 14.3 Å². The summed E-state index contributed by atoms with van der Waals surface area (Å²) >= 11 is 1.37. The molecule has 162 valence electrons. The standard InChI is InChI=1S/C24H24N6OS/c1-29(2)21-10-8-20(9-11-21)26-22(31)17-32-24-28-27-23(19-12-14-25-15-13-19)30(24)16-18-6-4-3-5-7-18/h3-15H,16-17H2,1-2H3,(H,26,31). The number of nitrogens with zero attached hydrogens (tertiary/aromatic N) is 5. The van der Waals surface area contributed by atoms with Gasteiger partial charge >= 0.3 is 0 Å². The maximum atomic E-state index is 12.5. The summed E-state index contributed by atoms with van der Waals surface area (Å²) in [6.07, 6.45) is 3.47. The molecule has 0 fully saturated rings. The molecule has 1 amide bonds. The fourth-order valence-corrected chi connectivity index (χ4v) is 3.93. The summed E-state index contributed by atoms with van der Waals surface area (Å²) in [7, 11) is 3.96. The van der Waals surface area contributed by atoms with Gasteiger partial charge in [0, 0.05) is 43.4 Å². The van der Waals surface area contributed by atoms with Crippen LogP contribution in [0, 0.1) is 0 Å². The minimum atomic E-state index is -0.0904. The minimum absolute atomic E-state index is 0.0904. The van der Waals surface area contributed by atoms with Gasteiger partial charge in [-0.25, -0.2) is 0 Å². The molecular weight excluding hydrogens is 420 g/mol. The third kappa shape index (κ3) is 5.33. The Morgan fingerprint density at radius 3 is 2.38 bits per heavy atom. The van der Waals surface area contributed by atoms with Crippen LogP contribution in [0.3, 0.4) is 0 Å². The van der Waals surface area contributed by atoms with Crippen LogP contribution < -0.4 is 10.2 Å². The minimum Gasteiger partial charge on any atom is -0.378 e. The second-order valence-corrected chi connectivity index (χ2v) is 8.33. The van der Waals surface area contributed by atoms with Crippen LogP contribution in [0.4, 0.5) is 11.4 Å². The van der Waals surface area contributed by atoms with E-state index in [-0.39, 0.29) is 11.7 Å². The van der Waals surface area contributed by atoms with Gasteiger partial charge in [0.25, 0.3) is 0 Å². The fourth-order valence-electron chi connectivity index (χ4n) is 3.19. The van der Waals surface area contributed by atoms with Crippen molar-refractivity contribution in [2.24, 2.45) is 0 Å². The number of thioether (sulfide) groups is 1. The molecule has 0 saturated heterocycles. The van der Waals surface area contributed by atoms with Crippen molar-refractivity contribution in [1.82, 2.24) is 19.7 Å². The normalized spacial score (nSPS) is 10.7. The molecule has 1 N–H and O–H groups in total. The predicted molar refractivity (Wildman–Crippen MR) is 129 cm³/mol. The SMILES string of the molecule is CN(C)c1ccc(NC(=O)CSc2nnc(-c3ccncc3)n2Cc2ccccc2)cc1. The van der Waals surface area contributed by atoms with E-state index in [0.29, 0.717) is 11.7 Å². The molecule has 7 nitrogen and oxygen atoms in total. The lowest BCUT2D eigenvalue weighted by Crippen LogP contribution is -2.15. The molecule has 0 spiro atoms. The molecule has 32 heavy (non-hydrogen) atoms. The van der Waals surface area contributed by atoms with Gasteiger partial charge in [0.1, 0.15) is 0 Å². The van der Waals surface area contributed by atoms with Crippen LogP contribution in [-0.4, -0.2) is 45.5 Å². The molecule has 0 aliphatic rings. The molecule has 4 aromatic rings. The highest BCUT2D eigenvalue weighted by Crippen LogP contribution is 2.25. The average molecular weight is 445 g/mol. The Hall–Kier alpha value is -3.65. The molecule has 0 radical (unpaired) electrons. The Labute approximate surface area is 191 Å². The number of carbonyl (C=O) groups is 1. The van der Waals surface area contributed by atoms with Crippen molar-refractivity contribution in [3.05, 3.63) is 84.7 Å². The lowest BCUT2D eigenvalue weighted by molar-refractivity contribution is -0.113. The Morgan fingerprint density at radius 2 is 1.69 bits per heavy atom. The van der Waals surface area contributed by atoms with Crippen LogP contribution in [-0.2, 0) is 11.3 Å². The van der Waals surface area contributed by atoms with E-state index in [9.17, 15) is 4.79 Å². The molecule has 2 aromatic heterocycles. The molecule has 8 heteroatoms. The van der Waals surface area contributed by atoms with Gasteiger partial charge in [0.15, 0.2) is 11.0 Å². The maximum absolute atomic E-state index is 12.5. The third-order valence-electron chi connectivity index (χ3n) is 4.84. The zero-order valence-electron chi connectivity index (χ0n) is 18.0. The van der Waals surface area contributed by atoms with E-state index in [1.165, 1.54) is 11.8 Å². The average Bonchev–Trinajstić information content (AvgIpc) is 3.21. The van der Waals surface area contributed by atoms with E-state index in [0.717, 1.165) is 28.3 Å². The Morgan fingerprint density at radius 1 is 0.969 bits per heavy atom. The van der Waals surface area contributed by atoms with E-state index in [2.05, 4.69) is 32.6 Å². The molecule has 0 saturated carbocycles. The van der Waals surface area contributed by atoms with Gasteiger partial charge < -0.3 is 10.2 Å². The number of amides is 1. The molecule has 0 aliphatic carbocycles. The van der Waals surface area contributed by atoms with Gasteiger partial charge in [-0.1, -0.05) is 42.1 Å². The molecule has 4 rings (SSSR count). The van der Waals surface area contributed by atoms with Crippen LogP contribution in [0.15, 0.2) is 84.3 Å². The third-order valence-corrected chi connectivity index (χ3v) is 5.81. The van der Waals surface area contributed by atoms with E-state index in [1.54, 1.807) is 12.4 Å². The van der Waals surface area contributed by atoms with Gasteiger partial charge in [0.2, 0.25) is 5.91 Å². The van der Waals surface area contributed by atoms with Crippen molar-refractivity contribution in [3.63, 3.8) is 0 Å². The molecular formula is C24H24N6OS. The van der Waals surface area contributed by atoms with Crippen LogP contribution >= 0.6 is 11.8 Å². The van der Waals surface area contributed by atoms with Crippen LogP contribution in [0.25, 0.3) is 11.4 Å². The number of hydrogen-bond acceptors (Lipinski definition) is 6. The van der Waals surface area contributed by atoms with Gasteiger partial charge in [-0.15, -0.1) is 10.2 Å². The van der Waals surface area contributed by atoms with E-state index in [4.69, 9.17) is 0 Å². The summed E-state index contributed by atoms with van der Waals surface area (Å²) < 4.78 is 2.04. The zero-order valence-corrected chi connectivity index (χ0v) is 18.8. The molecule has 2 aromatic carbocycles. The first kappa shape index (κ1) is 21.6. The van der Waals surface area contributed by atoms with Crippen molar-refractivity contribution >= 4 is 29.0 Å². The highest BCUT2D eigenvalue weighted by molar-refractivity contribution is 7.99. The second kappa shape index (κ2) is 10.1. The first-order valence-electron chi connectivity index (χ1n) is 10.2. The lowest BCUT2D eigenvalue weighted by Gasteiger charge is -2.13. The largest absolute Gasteiger partial charge is 0.378 e. The van der Waals surface area contributed by atoms with Crippen LogP contribution in [0.2, 0.25) is 0 Å². The molecule has 0 unspecified atom stereocenters. The molecule has 2 heterocycles. The number of rotatable bonds is 8. The first-order chi connectivity index (χ1) is 15.6. The van der Waals surface area contributed by atoms with E-state index in [1.807, 2.05) is 78.2 Å². The highest BCUT2D eigenvalue weighted by Gasteiger charge is 2.16. The second-order valence-electron chi connectivity index (χ2n) is 7.39. The monoisotopic (exact) mass is 444 g/mol. The smallest absolute Gasteiger partial charge is 0.234 e. The number of aromatic nitrogens is 4. The molecule has 0 atom stereocenters. The van der Waals surface area contributed by atoms with Crippen molar-refractivity contribution in [3.8, 4) is 11.4 Å². The topological polar surface area (TPSA) is 75.9 Å². The summed E-state index contributed by atoms with van der Waals surface area (Å²) in [4.78, 5) is 18.6. The summed E-state index contributed by atoms with van der Waals surface area (Å²) in [5, 5.41) is 12.4. The van der Waals surface area contributed by atoms with Crippen LogP contribution in [0.5, 0.6) is 0 Å². The van der Waals surface area contributed by atoms with Gasteiger partial charge in [-0.2, -0.15) is 0 Å². The van der Waals surface area contributed by atoms with Gasteiger partial charge in [-0.05, 0) is 42.0 Å². The number of carbonyl (C=O) groups excluding carboxylic acids is 1. The number of anilines is 2.